The number of non-ortho nitro benzene ring substituents is 1. The predicted octanol–water partition coefficient (Wildman–Crippen LogP) is 3.67. The molecule has 28 heavy (non-hydrogen) atoms. The number of amides is 1. The van der Waals surface area contributed by atoms with Crippen LogP contribution in [-0.4, -0.2) is 30.0 Å². The molecule has 0 aliphatic carbocycles. The Balaban J connectivity index is 2.06. The summed E-state index contributed by atoms with van der Waals surface area (Å²) in [5, 5.41) is 13.4. The highest BCUT2D eigenvalue weighted by atomic mass is 16.6. The molecule has 0 fully saturated rings. The van der Waals surface area contributed by atoms with Crippen molar-refractivity contribution in [1.29, 1.82) is 0 Å². The standard InChI is InChI=1S/C20H22N2O6/c1-4-16(14-8-6-5-7-9-14)20(24)28-13(2)19(23)21-17-11-10-15(22(25)26)12-18(17)27-3/h5-13,16H,4H2,1-3H3,(H,21,23)/t13-,16-/m1/s1. The summed E-state index contributed by atoms with van der Waals surface area (Å²) in [6, 6.07) is 13.0. The number of nitrogens with one attached hydrogen (secondary N) is 1. The van der Waals surface area contributed by atoms with Crippen LogP contribution in [0.5, 0.6) is 5.75 Å². The molecular weight excluding hydrogens is 364 g/mol. The fourth-order valence-electron chi connectivity index (χ4n) is 2.66. The molecule has 0 saturated carbocycles. The summed E-state index contributed by atoms with van der Waals surface area (Å²) in [6.45, 7) is 3.33. The third-order valence-corrected chi connectivity index (χ3v) is 4.21. The Morgan fingerprint density at radius 1 is 1.18 bits per heavy atom. The SMILES string of the molecule is CC[C@@H](C(=O)O[C@H](C)C(=O)Nc1ccc([N+](=O)[O-])cc1OC)c1ccccc1. The van der Waals surface area contributed by atoms with Crippen LogP contribution >= 0.6 is 0 Å². The number of methoxy groups -OCH3 is 1. The summed E-state index contributed by atoms with van der Waals surface area (Å²) < 4.78 is 10.4. The molecule has 2 aromatic rings. The lowest BCUT2D eigenvalue weighted by Gasteiger charge is -2.19. The molecule has 0 saturated heterocycles. The van der Waals surface area contributed by atoms with E-state index < -0.39 is 28.8 Å². The maximum atomic E-state index is 12.5. The molecule has 1 amide bonds. The topological polar surface area (TPSA) is 108 Å². The van der Waals surface area contributed by atoms with Gasteiger partial charge in [-0.25, -0.2) is 0 Å². The van der Waals surface area contributed by atoms with Crippen molar-refractivity contribution in [3.63, 3.8) is 0 Å². The first kappa shape index (κ1) is 20.9. The van der Waals surface area contributed by atoms with E-state index in [1.165, 1.54) is 32.2 Å². The van der Waals surface area contributed by atoms with E-state index >= 15 is 0 Å². The van der Waals surface area contributed by atoms with E-state index in [0.29, 0.717) is 6.42 Å². The second-order valence-corrected chi connectivity index (χ2v) is 6.08. The van der Waals surface area contributed by atoms with Crippen LogP contribution in [0.25, 0.3) is 0 Å². The van der Waals surface area contributed by atoms with Crippen LogP contribution in [0.1, 0.15) is 31.7 Å². The van der Waals surface area contributed by atoms with Gasteiger partial charge in [-0.2, -0.15) is 0 Å². The van der Waals surface area contributed by atoms with E-state index in [1.54, 1.807) is 0 Å². The number of anilines is 1. The number of rotatable bonds is 8. The molecule has 0 aromatic heterocycles. The molecule has 2 rings (SSSR count). The zero-order valence-electron chi connectivity index (χ0n) is 15.9. The fraction of sp³-hybridized carbons (Fsp3) is 0.300. The summed E-state index contributed by atoms with van der Waals surface area (Å²) in [6.07, 6.45) is -0.516. The minimum absolute atomic E-state index is 0.136. The maximum Gasteiger partial charge on any atom is 0.314 e. The number of nitro benzene ring substituents is 1. The van der Waals surface area contributed by atoms with Gasteiger partial charge in [0.05, 0.1) is 29.7 Å². The van der Waals surface area contributed by atoms with Gasteiger partial charge in [0.2, 0.25) is 0 Å². The number of ether oxygens (including phenoxy) is 2. The van der Waals surface area contributed by atoms with Gasteiger partial charge in [-0.15, -0.1) is 0 Å². The fourth-order valence-corrected chi connectivity index (χ4v) is 2.66. The number of nitrogens with zero attached hydrogens (tertiary/aromatic N) is 1. The minimum Gasteiger partial charge on any atom is -0.494 e. The van der Waals surface area contributed by atoms with Crippen LogP contribution in [0.15, 0.2) is 48.5 Å². The highest BCUT2D eigenvalue weighted by molar-refractivity contribution is 5.96. The van der Waals surface area contributed by atoms with E-state index in [2.05, 4.69) is 5.32 Å². The molecule has 148 valence electrons. The van der Waals surface area contributed by atoms with Crippen LogP contribution in [0.4, 0.5) is 11.4 Å². The quantitative estimate of drug-likeness (QED) is 0.421. The highest BCUT2D eigenvalue weighted by Gasteiger charge is 2.25. The Kier molecular flexibility index (Phi) is 7.08. The Morgan fingerprint density at radius 3 is 2.43 bits per heavy atom. The lowest BCUT2D eigenvalue weighted by molar-refractivity contribution is -0.384. The van der Waals surface area contributed by atoms with Gasteiger partial charge in [-0.3, -0.25) is 19.7 Å². The van der Waals surface area contributed by atoms with Gasteiger partial charge in [0, 0.05) is 6.07 Å². The molecule has 2 aromatic carbocycles. The molecule has 0 spiro atoms. The maximum absolute atomic E-state index is 12.5. The summed E-state index contributed by atoms with van der Waals surface area (Å²) in [7, 11) is 1.34. The Bertz CT molecular complexity index is 853. The van der Waals surface area contributed by atoms with Crippen molar-refractivity contribution >= 4 is 23.3 Å². The van der Waals surface area contributed by atoms with Crippen molar-refractivity contribution in [3.05, 3.63) is 64.2 Å². The largest absolute Gasteiger partial charge is 0.494 e. The first-order valence-corrected chi connectivity index (χ1v) is 8.76. The zero-order chi connectivity index (χ0) is 20.7. The van der Waals surface area contributed by atoms with Crippen molar-refractivity contribution in [2.75, 3.05) is 12.4 Å². The molecule has 0 heterocycles. The minimum atomic E-state index is -1.05. The van der Waals surface area contributed by atoms with E-state index in [-0.39, 0.29) is 17.1 Å². The third-order valence-electron chi connectivity index (χ3n) is 4.21. The van der Waals surface area contributed by atoms with Gasteiger partial charge >= 0.3 is 5.97 Å². The molecule has 2 atom stereocenters. The molecule has 0 radical (unpaired) electrons. The Labute approximate surface area is 162 Å². The molecule has 0 aliphatic heterocycles. The van der Waals surface area contributed by atoms with Crippen LogP contribution in [0.3, 0.4) is 0 Å². The van der Waals surface area contributed by atoms with Crippen molar-refractivity contribution in [1.82, 2.24) is 0 Å². The number of esters is 1. The lowest BCUT2D eigenvalue weighted by atomic mass is 9.97. The van der Waals surface area contributed by atoms with Crippen LogP contribution in [0, 0.1) is 10.1 Å². The average molecular weight is 386 g/mol. The first-order chi connectivity index (χ1) is 13.4. The van der Waals surface area contributed by atoms with Crippen molar-refractivity contribution in [3.8, 4) is 5.75 Å². The lowest BCUT2D eigenvalue weighted by Crippen LogP contribution is -2.31. The predicted molar refractivity (Wildman–Crippen MR) is 103 cm³/mol. The smallest absolute Gasteiger partial charge is 0.314 e. The Hall–Kier alpha value is -3.42. The summed E-state index contributed by atoms with van der Waals surface area (Å²) in [5.41, 5.74) is 0.902. The molecule has 0 aliphatic rings. The van der Waals surface area contributed by atoms with E-state index in [4.69, 9.17) is 9.47 Å². The molecule has 1 N–H and O–H groups in total. The number of carbonyl (C=O) groups is 2. The number of hydrogen-bond acceptors (Lipinski definition) is 6. The van der Waals surface area contributed by atoms with E-state index in [1.807, 2.05) is 37.3 Å². The first-order valence-electron chi connectivity index (χ1n) is 8.76. The van der Waals surface area contributed by atoms with Crippen LogP contribution in [0.2, 0.25) is 0 Å². The second kappa shape index (κ2) is 9.50. The van der Waals surface area contributed by atoms with Gasteiger partial charge in [-0.1, -0.05) is 37.3 Å². The summed E-state index contributed by atoms with van der Waals surface area (Å²) in [5.74, 6) is -1.39. The average Bonchev–Trinajstić information content (AvgIpc) is 2.69. The van der Waals surface area contributed by atoms with Gasteiger partial charge in [0.15, 0.2) is 6.10 Å². The second-order valence-electron chi connectivity index (χ2n) is 6.08. The third kappa shape index (κ3) is 5.06. The molecule has 0 bridgehead atoms. The van der Waals surface area contributed by atoms with Crippen molar-refractivity contribution in [2.45, 2.75) is 32.3 Å². The molecular formula is C20H22N2O6. The Morgan fingerprint density at radius 2 is 1.86 bits per heavy atom. The van der Waals surface area contributed by atoms with E-state index in [9.17, 15) is 19.7 Å². The monoisotopic (exact) mass is 386 g/mol. The zero-order valence-corrected chi connectivity index (χ0v) is 15.9. The van der Waals surface area contributed by atoms with Crippen LogP contribution in [-0.2, 0) is 14.3 Å². The van der Waals surface area contributed by atoms with Gasteiger partial charge in [0.1, 0.15) is 5.75 Å². The molecule has 0 unspecified atom stereocenters. The normalized spacial score (nSPS) is 12.5. The van der Waals surface area contributed by atoms with Crippen molar-refractivity contribution in [2.24, 2.45) is 0 Å². The van der Waals surface area contributed by atoms with Crippen LogP contribution < -0.4 is 10.1 Å². The molecule has 8 nitrogen and oxygen atoms in total. The van der Waals surface area contributed by atoms with Crippen molar-refractivity contribution < 1.29 is 24.0 Å². The van der Waals surface area contributed by atoms with E-state index in [0.717, 1.165) is 5.56 Å². The summed E-state index contributed by atoms with van der Waals surface area (Å²) in [4.78, 5) is 35.2. The van der Waals surface area contributed by atoms with Gasteiger partial charge in [-0.05, 0) is 25.0 Å². The molecule has 8 heteroatoms. The number of nitro groups is 1. The highest BCUT2D eigenvalue weighted by Crippen LogP contribution is 2.29. The van der Waals surface area contributed by atoms with Gasteiger partial charge in [0.25, 0.3) is 11.6 Å². The van der Waals surface area contributed by atoms with Gasteiger partial charge < -0.3 is 14.8 Å². The number of hydrogen-bond donors (Lipinski definition) is 1. The number of benzene rings is 2. The summed E-state index contributed by atoms with van der Waals surface area (Å²) >= 11 is 0. The number of carbonyl (C=O) groups excluding carboxylic acids is 2.